The van der Waals surface area contributed by atoms with E-state index in [-0.39, 0.29) is 23.7 Å². The van der Waals surface area contributed by atoms with Crippen LogP contribution in [0.4, 0.5) is 20.2 Å². The number of ether oxygens (including phenoxy) is 4. The number of nitrogens with one attached hydrogen (secondary N) is 1. The molecule has 0 spiro atoms. The summed E-state index contributed by atoms with van der Waals surface area (Å²) >= 11 is 0. The molecule has 8 heteroatoms. The Kier molecular flexibility index (Phi) is 4.11. The van der Waals surface area contributed by atoms with Crippen LogP contribution in [0.25, 0.3) is 0 Å². The van der Waals surface area contributed by atoms with Crippen LogP contribution in [-0.2, 0) is 4.74 Å². The first-order valence-corrected chi connectivity index (χ1v) is 6.85. The van der Waals surface area contributed by atoms with Crippen LogP contribution in [0.15, 0.2) is 24.3 Å². The van der Waals surface area contributed by atoms with Gasteiger partial charge in [-0.2, -0.15) is 0 Å². The summed E-state index contributed by atoms with van der Waals surface area (Å²) in [4.78, 5) is 11.9. The highest BCUT2D eigenvalue weighted by molar-refractivity contribution is 5.97. The van der Waals surface area contributed by atoms with Crippen LogP contribution >= 0.6 is 0 Å². The van der Waals surface area contributed by atoms with E-state index >= 15 is 0 Å². The maximum Gasteiger partial charge on any atom is 0.340 e. The Balaban J connectivity index is 2.02. The predicted molar refractivity (Wildman–Crippen MR) is 80.1 cm³/mol. The number of anilines is 2. The van der Waals surface area contributed by atoms with E-state index in [1.807, 2.05) is 0 Å². The Hall–Kier alpha value is -3.03. The molecule has 0 atom stereocenters. The molecule has 0 unspecified atom stereocenters. The predicted octanol–water partition coefficient (Wildman–Crippen LogP) is 3.23. The highest BCUT2D eigenvalue weighted by Gasteiger charge is 2.22. The van der Waals surface area contributed by atoms with Crippen LogP contribution in [0.1, 0.15) is 10.4 Å². The van der Waals surface area contributed by atoms with Crippen molar-refractivity contribution in [1.29, 1.82) is 0 Å². The molecule has 0 amide bonds. The minimum absolute atomic E-state index is 0.0190. The van der Waals surface area contributed by atoms with Gasteiger partial charge in [-0.25, -0.2) is 13.6 Å². The van der Waals surface area contributed by atoms with E-state index in [2.05, 4.69) is 10.1 Å². The van der Waals surface area contributed by atoms with Gasteiger partial charge in [0.1, 0.15) is 0 Å². The molecule has 1 N–H and O–H groups in total. The first-order chi connectivity index (χ1) is 11.5. The number of hydrogen-bond donors (Lipinski definition) is 1. The zero-order chi connectivity index (χ0) is 17.3. The first kappa shape index (κ1) is 15.9. The Morgan fingerprint density at radius 3 is 2.29 bits per heavy atom. The van der Waals surface area contributed by atoms with Crippen molar-refractivity contribution in [1.82, 2.24) is 0 Å². The smallest absolute Gasteiger partial charge is 0.340 e. The lowest BCUT2D eigenvalue weighted by Gasteiger charge is -2.13. The van der Waals surface area contributed by atoms with Crippen LogP contribution in [0.2, 0.25) is 0 Å². The molecule has 0 saturated carbocycles. The minimum Gasteiger partial charge on any atom is -0.491 e. The van der Waals surface area contributed by atoms with E-state index in [0.717, 1.165) is 12.1 Å². The number of fused-ring (bicyclic) bond motifs is 1. The zero-order valence-corrected chi connectivity index (χ0v) is 12.8. The SMILES string of the molecule is COC(=O)c1cc2c(cc1Nc1cc(F)c(OC)c(F)c1)OCO2. The van der Waals surface area contributed by atoms with Gasteiger partial charge >= 0.3 is 5.97 Å². The molecule has 0 bridgehead atoms. The second-order valence-corrected chi connectivity index (χ2v) is 4.84. The molecule has 1 heterocycles. The van der Waals surface area contributed by atoms with Crippen LogP contribution in [0, 0.1) is 11.6 Å². The number of carbonyl (C=O) groups excluding carboxylic acids is 1. The van der Waals surface area contributed by atoms with Crippen molar-refractivity contribution in [2.45, 2.75) is 0 Å². The van der Waals surface area contributed by atoms with Crippen molar-refractivity contribution in [2.24, 2.45) is 0 Å². The Morgan fingerprint density at radius 2 is 1.71 bits per heavy atom. The van der Waals surface area contributed by atoms with Crippen LogP contribution in [-0.4, -0.2) is 27.0 Å². The molecule has 126 valence electrons. The van der Waals surface area contributed by atoms with Crippen LogP contribution in [0.3, 0.4) is 0 Å². The molecular formula is C16H13F2NO5. The highest BCUT2D eigenvalue weighted by atomic mass is 19.1. The number of hydrogen-bond acceptors (Lipinski definition) is 6. The molecule has 6 nitrogen and oxygen atoms in total. The molecule has 2 aromatic carbocycles. The number of benzene rings is 2. The zero-order valence-electron chi connectivity index (χ0n) is 12.8. The largest absolute Gasteiger partial charge is 0.491 e. The topological polar surface area (TPSA) is 66.0 Å². The summed E-state index contributed by atoms with van der Waals surface area (Å²) in [6.45, 7) is 0.0190. The van der Waals surface area contributed by atoms with Gasteiger partial charge in [-0.15, -0.1) is 0 Å². The highest BCUT2D eigenvalue weighted by Crippen LogP contribution is 2.38. The average molecular weight is 337 g/mol. The third-order valence-electron chi connectivity index (χ3n) is 3.40. The standard InChI is InChI=1S/C16H13F2NO5/c1-21-15-10(17)3-8(4-11(15)18)19-12-6-14-13(23-7-24-14)5-9(12)16(20)22-2/h3-6,19H,7H2,1-2H3. The van der Waals surface area contributed by atoms with Crippen molar-refractivity contribution >= 4 is 17.3 Å². The number of carbonyl (C=O) groups is 1. The summed E-state index contributed by atoms with van der Waals surface area (Å²) in [5, 5.41) is 2.78. The van der Waals surface area contributed by atoms with E-state index in [1.165, 1.54) is 26.4 Å². The molecule has 3 rings (SSSR count). The molecule has 1 aliphatic heterocycles. The van der Waals surface area contributed by atoms with Gasteiger partial charge in [0.05, 0.1) is 25.5 Å². The third-order valence-corrected chi connectivity index (χ3v) is 3.40. The lowest BCUT2D eigenvalue weighted by atomic mass is 10.1. The van der Waals surface area contributed by atoms with Gasteiger partial charge in [0.25, 0.3) is 0 Å². The number of esters is 1. The van der Waals surface area contributed by atoms with Crippen molar-refractivity contribution < 1.29 is 32.5 Å². The fourth-order valence-corrected chi connectivity index (χ4v) is 2.31. The van der Waals surface area contributed by atoms with Gasteiger partial charge in [0.2, 0.25) is 6.79 Å². The van der Waals surface area contributed by atoms with Crippen molar-refractivity contribution in [3.8, 4) is 17.2 Å². The molecule has 2 aromatic rings. The lowest BCUT2D eigenvalue weighted by Crippen LogP contribution is -2.06. The van der Waals surface area contributed by atoms with Gasteiger partial charge in [0, 0.05) is 30.0 Å². The molecular weight excluding hydrogens is 324 g/mol. The summed E-state index contributed by atoms with van der Waals surface area (Å²) in [6, 6.07) is 5.03. The van der Waals surface area contributed by atoms with Gasteiger partial charge in [-0.05, 0) is 0 Å². The number of halogens is 2. The van der Waals surface area contributed by atoms with E-state index in [0.29, 0.717) is 11.5 Å². The van der Waals surface area contributed by atoms with E-state index in [1.54, 1.807) is 0 Å². The minimum atomic E-state index is -0.875. The van der Waals surface area contributed by atoms with E-state index in [9.17, 15) is 13.6 Å². The molecule has 0 saturated heterocycles. The van der Waals surface area contributed by atoms with E-state index < -0.39 is 23.4 Å². The maximum absolute atomic E-state index is 13.8. The van der Waals surface area contributed by atoms with Gasteiger partial charge in [-0.1, -0.05) is 0 Å². The second kappa shape index (κ2) is 6.23. The molecule has 0 aliphatic carbocycles. The normalized spacial score (nSPS) is 12.0. The Morgan fingerprint density at radius 1 is 1.08 bits per heavy atom. The lowest BCUT2D eigenvalue weighted by molar-refractivity contribution is 0.0601. The summed E-state index contributed by atoms with van der Waals surface area (Å²) < 4.78 is 47.4. The van der Waals surface area contributed by atoms with Crippen molar-refractivity contribution in [3.63, 3.8) is 0 Å². The number of rotatable bonds is 4. The Bertz CT molecular complexity index is 786. The van der Waals surface area contributed by atoms with Gasteiger partial charge in [0.15, 0.2) is 28.9 Å². The quantitative estimate of drug-likeness (QED) is 0.864. The fourth-order valence-electron chi connectivity index (χ4n) is 2.31. The van der Waals surface area contributed by atoms with Gasteiger partial charge in [-0.3, -0.25) is 0 Å². The molecule has 0 radical (unpaired) electrons. The molecule has 0 fully saturated rings. The average Bonchev–Trinajstić information content (AvgIpc) is 3.00. The summed E-state index contributed by atoms with van der Waals surface area (Å²) in [7, 11) is 2.39. The number of methoxy groups -OCH3 is 2. The second-order valence-electron chi connectivity index (χ2n) is 4.84. The van der Waals surface area contributed by atoms with E-state index in [4.69, 9.17) is 14.2 Å². The van der Waals surface area contributed by atoms with Gasteiger partial charge < -0.3 is 24.3 Å². The van der Waals surface area contributed by atoms with Crippen molar-refractivity contribution in [2.75, 3.05) is 26.3 Å². The molecule has 1 aliphatic rings. The Labute approximate surface area is 135 Å². The van der Waals surface area contributed by atoms with Crippen molar-refractivity contribution in [3.05, 3.63) is 41.5 Å². The molecule has 24 heavy (non-hydrogen) atoms. The monoisotopic (exact) mass is 337 g/mol. The van der Waals surface area contributed by atoms with Crippen LogP contribution in [0.5, 0.6) is 17.2 Å². The fraction of sp³-hybridized carbons (Fsp3) is 0.188. The summed E-state index contributed by atoms with van der Waals surface area (Å²) in [5.41, 5.74) is 0.489. The third kappa shape index (κ3) is 2.78. The molecule has 0 aromatic heterocycles. The summed E-state index contributed by atoms with van der Waals surface area (Å²) in [6.07, 6.45) is 0. The van der Waals surface area contributed by atoms with Crippen LogP contribution < -0.4 is 19.5 Å². The summed E-state index contributed by atoms with van der Waals surface area (Å²) in [5.74, 6) is -2.09. The maximum atomic E-state index is 13.8. The first-order valence-electron chi connectivity index (χ1n) is 6.85.